The molecule has 4 rings (SSSR count). The SMILES string of the molecule is N#Cc1cc(Nc2ccc(C(F)(F)F)c(Cl)c2)cc(Nc2ccc3cc[nH]c3c2)n1. The fraction of sp³-hybridized carbons (Fsp3) is 0.0476. The van der Waals surface area contributed by atoms with Crippen molar-refractivity contribution in [3.05, 3.63) is 77.1 Å². The number of nitriles is 1. The highest BCUT2D eigenvalue weighted by Crippen LogP contribution is 2.36. The summed E-state index contributed by atoms with van der Waals surface area (Å²) in [6, 6.07) is 16.1. The Morgan fingerprint density at radius 2 is 1.70 bits per heavy atom. The Hall–Kier alpha value is -3.70. The number of benzene rings is 2. The van der Waals surface area contributed by atoms with E-state index >= 15 is 0 Å². The molecule has 0 aliphatic rings. The van der Waals surface area contributed by atoms with E-state index in [9.17, 15) is 18.4 Å². The average molecular weight is 428 g/mol. The molecule has 0 saturated heterocycles. The highest BCUT2D eigenvalue weighted by atomic mass is 35.5. The predicted octanol–water partition coefficient (Wildman–Crippen LogP) is 6.59. The van der Waals surface area contributed by atoms with Crippen LogP contribution in [0.1, 0.15) is 11.3 Å². The zero-order chi connectivity index (χ0) is 21.3. The monoisotopic (exact) mass is 427 g/mol. The third-order valence-electron chi connectivity index (χ3n) is 4.33. The van der Waals surface area contributed by atoms with Crippen molar-refractivity contribution < 1.29 is 13.2 Å². The molecule has 0 atom stereocenters. The van der Waals surface area contributed by atoms with E-state index in [2.05, 4.69) is 20.6 Å². The summed E-state index contributed by atoms with van der Waals surface area (Å²) in [7, 11) is 0. The van der Waals surface area contributed by atoms with Crippen LogP contribution in [0.2, 0.25) is 5.02 Å². The number of halogens is 4. The summed E-state index contributed by atoms with van der Waals surface area (Å²) in [6.45, 7) is 0. The van der Waals surface area contributed by atoms with Gasteiger partial charge in [-0.1, -0.05) is 17.7 Å². The quantitative estimate of drug-likeness (QED) is 0.343. The van der Waals surface area contributed by atoms with Crippen LogP contribution < -0.4 is 10.6 Å². The molecule has 0 amide bonds. The summed E-state index contributed by atoms with van der Waals surface area (Å²) in [5.74, 6) is 0.403. The minimum Gasteiger partial charge on any atom is -0.361 e. The second-order valence-corrected chi connectivity index (χ2v) is 6.87. The van der Waals surface area contributed by atoms with Gasteiger partial charge in [0, 0.05) is 34.8 Å². The molecule has 9 heteroatoms. The molecular formula is C21H13ClF3N5. The first-order chi connectivity index (χ1) is 14.3. The lowest BCUT2D eigenvalue weighted by atomic mass is 10.2. The Morgan fingerprint density at radius 3 is 2.43 bits per heavy atom. The van der Waals surface area contributed by atoms with Gasteiger partial charge >= 0.3 is 6.18 Å². The maximum Gasteiger partial charge on any atom is 0.417 e. The Balaban J connectivity index is 1.61. The number of alkyl halides is 3. The molecule has 2 heterocycles. The summed E-state index contributed by atoms with van der Waals surface area (Å²) < 4.78 is 38.6. The average Bonchev–Trinajstić information content (AvgIpc) is 3.14. The number of nitrogens with one attached hydrogen (secondary N) is 3. The molecule has 3 N–H and O–H groups in total. The molecule has 0 bridgehead atoms. The van der Waals surface area contributed by atoms with E-state index in [4.69, 9.17) is 11.6 Å². The van der Waals surface area contributed by atoms with Crippen molar-refractivity contribution in [2.45, 2.75) is 6.18 Å². The lowest BCUT2D eigenvalue weighted by Crippen LogP contribution is -2.06. The van der Waals surface area contributed by atoms with Crippen LogP contribution in [0, 0.1) is 11.3 Å². The molecule has 0 radical (unpaired) electrons. The Morgan fingerprint density at radius 1 is 0.933 bits per heavy atom. The Kier molecular flexibility index (Phi) is 4.98. The van der Waals surface area contributed by atoms with E-state index in [0.717, 1.165) is 22.7 Å². The molecule has 0 fully saturated rings. The normalized spacial score (nSPS) is 11.3. The van der Waals surface area contributed by atoms with E-state index in [1.54, 1.807) is 6.07 Å². The van der Waals surface area contributed by atoms with Crippen LogP contribution in [0.15, 0.2) is 60.8 Å². The van der Waals surface area contributed by atoms with Crippen molar-refractivity contribution in [3.8, 4) is 6.07 Å². The van der Waals surface area contributed by atoms with Gasteiger partial charge in [-0.05, 0) is 47.9 Å². The van der Waals surface area contributed by atoms with E-state index in [1.165, 1.54) is 18.2 Å². The molecule has 2 aromatic carbocycles. The van der Waals surface area contributed by atoms with Gasteiger partial charge in [0.1, 0.15) is 17.6 Å². The molecule has 0 saturated carbocycles. The summed E-state index contributed by atoms with van der Waals surface area (Å²) in [5.41, 5.74) is 1.75. The molecule has 0 aliphatic carbocycles. The lowest BCUT2D eigenvalue weighted by Gasteiger charge is -2.13. The van der Waals surface area contributed by atoms with Crippen LogP contribution in [-0.2, 0) is 6.18 Å². The fourth-order valence-electron chi connectivity index (χ4n) is 2.99. The highest BCUT2D eigenvalue weighted by molar-refractivity contribution is 6.31. The largest absolute Gasteiger partial charge is 0.417 e. The Bertz CT molecular complexity index is 1270. The number of hydrogen-bond acceptors (Lipinski definition) is 4. The van der Waals surface area contributed by atoms with Crippen molar-refractivity contribution >= 4 is 45.4 Å². The van der Waals surface area contributed by atoms with Crippen LogP contribution >= 0.6 is 11.6 Å². The standard InChI is InChI=1S/C21H13ClF3N5/c22-18-8-13(3-4-17(18)21(23,24)25)28-15-7-16(11-26)30-20(10-15)29-14-2-1-12-5-6-27-19(12)9-14/h1-10,27H,(H2,28,29,30). The zero-order valence-electron chi connectivity index (χ0n) is 15.2. The Labute approximate surface area is 174 Å². The fourth-order valence-corrected chi connectivity index (χ4v) is 3.27. The zero-order valence-corrected chi connectivity index (χ0v) is 15.9. The second kappa shape index (κ2) is 7.61. The molecule has 5 nitrogen and oxygen atoms in total. The van der Waals surface area contributed by atoms with E-state index < -0.39 is 16.8 Å². The van der Waals surface area contributed by atoms with Crippen LogP contribution in [0.25, 0.3) is 10.9 Å². The molecule has 0 aliphatic heterocycles. The summed E-state index contributed by atoms with van der Waals surface area (Å²) in [5, 5.41) is 16.0. The third-order valence-corrected chi connectivity index (χ3v) is 4.64. The minimum absolute atomic E-state index is 0.140. The molecule has 30 heavy (non-hydrogen) atoms. The van der Waals surface area contributed by atoms with Gasteiger partial charge in [-0.25, -0.2) is 4.98 Å². The van der Waals surface area contributed by atoms with Gasteiger partial charge in [0.05, 0.1) is 10.6 Å². The summed E-state index contributed by atoms with van der Waals surface area (Å²) >= 11 is 5.78. The summed E-state index contributed by atoms with van der Waals surface area (Å²) in [6.07, 6.45) is -2.70. The van der Waals surface area contributed by atoms with Gasteiger partial charge in [0.2, 0.25) is 0 Å². The maximum atomic E-state index is 12.9. The molecule has 4 aromatic rings. The maximum absolute atomic E-state index is 12.9. The van der Waals surface area contributed by atoms with Gasteiger partial charge in [-0.2, -0.15) is 18.4 Å². The van der Waals surface area contributed by atoms with Crippen molar-refractivity contribution in [2.75, 3.05) is 10.6 Å². The van der Waals surface area contributed by atoms with Gasteiger partial charge in [0.25, 0.3) is 0 Å². The first-order valence-corrected chi connectivity index (χ1v) is 9.10. The van der Waals surface area contributed by atoms with Gasteiger partial charge in [-0.3, -0.25) is 0 Å². The highest BCUT2D eigenvalue weighted by Gasteiger charge is 2.33. The summed E-state index contributed by atoms with van der Waals surface area (Å²) in [4.78, 5) is 7.34. The number of rotatable bonds is 4. The van der Waals surface area contributed by atoms with E-state index in [1.807, 2.05) is 36.5 Å². The van der Waals surface area contributed by atoms with Crippen LogP contribution in [0.3, 0.4) is 0 Å². The van der Waals surface area contributed by atoms with Gasteiger partial charge < -0.3 is 15.6 Å². The first-order valence-electron chi connectivity index (χ1n) is 8.72. The smallest absolute Gasteiger partial charge is 0.361 e. The minimum atomic E-state index is -4.53. The molecule has 0 spiro atoms. The van der Waals surface area contributed by atoms with Gasteiger partial charge in [-0.15, -0.1) is 0 Å². The molecule has 150 valence electrons. The topological polar surface area (TPSA) is 76.5 Å². The van der Waals surface area contributed by atoms with Gasteiger partial charge in [0.15, 0.2) is 0 Å². The number of fused-ring (bicyclic) bond motifs is 1. The van der Waals surface area contributed by atoms with Crippen LogP contribution in [0.5, 0.6) is 0 Å². The second-order valence-electron chi connectivity index (χ2n) is 6.46. The predicted molar refractivity (Wildman–Crippen MR) is 110 cm³/mol. The number of pyridine rings is 1. The van der Waals surface area contributed by atoms with E-state index in [-0.39, 0.29) is 5.69 Å². The number of nitrogens with zero attached hydrogens (tertiary/aromatic N) is 2. The van der Waals surface area contributed by atoms with Crippen molar-refractivity contribution in [1.82, 2.24) is 9.97 Å². The number of aromatic amines is 1. The van der Waals surface area contributed by atoms with Crippen molar-refractivity contribution in [1.29, 1.82) is 5.26 Å². The van der Waals surface area contributed by atoms with Crippen molar-refractivity contribution in [3.63, 3.8) is 0 Å². The number of hydrogen-bond donors (Lipinski definition) is 3. The third kappa shape index (κ3) is 4.16. The van der Waals surface area contributed by atoms with Crippen LogP contribution in [0.4, 0.5) is 36.1 Å². The number of H-pyrrole nitrogens is 1. The molecular weight excluding hydrogens is 415 g/mol. The first kappa shape index (κ1) is 19.6. The van der Waals surface area contributed by atoms with Crippen LogP contribution in [-0.4, -0.2) is 9.97 Å². The van der Waals surface area contributed by atoms with Crippen molar-refractivity contribution in [2.24, 2.45) is 0 Å². The number of anilines is 4. The molecule has 2 aromatic heterocycles. The number of aromatic nitrogens is 2. The van der Waals surface area contributed by atoms with E-state index in [0.29, 0.717) is 17.2 Å². The molecule has 0 unspecified atom stereocenters. The lowest BCUT2D eigenvalue weighted by molar-refractivity contribution is -0.137.